The highest BCUT2D eigenvalue weighted by molar-refractivity contribution is 5.96. The molecule has 28 heavy (non-hydrogen) atoms. The lowest BCUT2D eigenvalue weighted by atomic mass is 9.98. The maximum atomic E-state index is 12.8. The van der Waals surface area contributed by atoms with E-state index in [-0.39, 0.29) is 12.5 Å². The van der Waals surface area contributed by atoms with Crippen molar-refractivity contribution in [3.63, 3.8) is 0 Å². The SMILES string of the molecule is Cc1ccc(-c2ccc3c(c2)N(CCN2CCOCC2)C(=O)COC3)cc1C. The maximum absolute atomic E-state index is 12.8. The summed E-state index contributed by atoms with van der Waals surface area (Å²) in [5.41, 5.74) is 6.92. The number of anilines is 1. The number of benzene rings is 2. The van der Waals surface area contributed by atoms with Gasteiger partial charge >= 0.3 is 0 Å². The summed E-state index contributed by atoms with van der Waals surface area (Å²) >= 11 is 0. The van der Waals surface area contributed by atoms with E-state index in [4.69, 9.17) is 9.47 Å². The van der Waals surface area contributed by atoms with Crippen LogP contribution in [0.15, 0.2) is 36.4 Å². The number of morpholine rings is 1. The van der Waals surface area contributed by atoms with Crippen LogP contribution in [0.5, 0.6) is 0 Å². The zero-order chi connectivity index (χ0) is 19.5. The van der Waals surface area contributed by atoms with E-state index in [1.807, 2.05) is 4.90 Å². The average Bonchev–Trinajstić information content (AvgIpc) is 2.87. The Labute approximate surface area is 166 Å². The summed E-state index contributed by atoms with van der Waals surface area (Å²) in [6.07, 6.45) is 0. The minimum absolute atomic E-state index is 0.0317. The first-order valence-corrected chi connectivity index (χ1v) is 10.0. The third-order valence-corrected chi connectivity index (χ3v) is 5.74. The summed E-state index contributed by atoms with van der Waals surface area (Å²) in [6, 6.07) is 12.9. The van der Waals surface area contributed by atoms with E-state index < -0.39 is 0 Å². The van der Waals surface area contributed by atoms with Crippen LogP contribution >= 0.6 is 0 Å². The van der Waals surface area contributed by atoms with Crippen LogP contribution in [0.2, 0.25) is 0 Å². The van der Waals surface area contributed by atoms with Crippen molar-refractivity contribution in [1.29, 1.82) is 0 Å². The Balaban J connectivity index is 1.62. The zero-order valence-corrected chi connectivity index (χ0v) is 16.7. The lowest BCUT2D eigenvalue weighted by molar-refractivity contribution is -0.123. The summed E-state index contributed by atoms with van der Waals surface area (Å²) in [5, 5.41) is 0. The number of carbonyl (C=O) groups excluding carboxylic acids is 1. The smallest absolute Gasteiger partial charge is 0.253 e. The van der Waals surface area contributed by atoms with E-state index in [0.717, 1.165) is 49.7 Å². The Bertz CT molecular complexity index is 859. The number of ether oxygens (including phenoxy) is 2. The predicted octanol–water partition coefficient (Wildman–Crippen LogP) is 3.17. The van der Waals surface area contributed by atoms with Crippen LogP contribution in [0.25, 0.3) is 11.1 Å². The van der Waals surface area contributed by atoms with Crippen LogP contribution in [0.3, 0.4) is 0 Å². The minimum atomic E-state index is 0.0317. The molecular weight excluding hydrogens is 352 g/mol. The topological polar surface area (TPSA) is 42.0 Å². The van der Waals surface area contributed by atoms with Gasteiger partial charge in [-0.25, -0.2) is 0 Å². The number of nitrogens with zero attached hydrogens (tertiary/aromatic N) is 2. The standard InChI is InChI=1S/C23H28N2O3/c1-17-3-4-19(13-18(17)2)20-5-6-21-15-28-16-23(26)25(22(21)14-20)8-7-24-9-11-27-12-10-24/h3-6,13-14H,7-12,15-16H2,1-2H3. The van der Waals surface area contributed by atoms with Gasteiger partial charge in [-0.3, -0.25) is 9.69 Å². The summed E-state index contributed by atoms with van der Waals surface area (Å²) in [7, 11) is 0. The highest BCUT2D eigenvalue weighted by Crippen LogP contribution is 2.31. The van der Waals surface area contributed by atoms with Gasteiger partial charge in [0.2, 0.25) is 0 Å². The molecule has 2 heterocycles. The van der Waals surface area contributed by atoms with Crippen molar-refractivity contribution in [1.82, 2.24) is 4.90 Å². The van der Waals surface area contributed by atoms with Crippen molar-refractivity contribution < 1.29 is 14.3 Å². The van der Waals surface area contributed by atoms with E-state index in [9.17, 15) is 4.79 Å². The van der Waals surface area contributed by atoms with E-state index >= 15 is 0 Å². The molecule has 4 rings (SSSR count). The molecule has 0 spiro atoms. The number of hydrogen-bond acceptors (Lipinski definition) is 4. The lowest BCUT2D eigenvalue weighted by Crippen LogP contribution is -2.43. The summed E-state index contributed by atoms with van der Waals surface area (Å²) in [5.74, 6) is 0.0317. The van der Waals surface area contributed by atoms with Gasteiger partial charge in [-0.1, -0.05) is 30.3 Å². The van der Waals surface area contributed by atoms with Gasteiger partial charge in [0.1, 0.15) is 6.61 Å². The zero-order valence-electron chi connectivity index (χ0n) is 16.7. The van der Waals surface area contributed by atoms with Gasteiger partial charge in [-0.15, -0.1) is 0 Å². The van der Waals surface area contributed by atoms with Crippen molar-refractivity contribution in [2.24, 2.45) is 0 Å². The molecule has 0 radical (unpaired) electrons. The third-order valence-electron chi connectivity index (χ3n) is 5.74. The molecule has 2 aromatic rings. The van der Waals surface area contributed by atoms with Gasteiger partial charge in [0, 0.05) is 37.4 Å². The van der Waals surface area contributed by atoms with Gasteiger partial charge in [-0.05, 0) is 42.2 Å². The maximum Gasteiger partial charge on any atom is 0.253 e. The van der Waals surface area contributed by atoms with E-state index in [1.165, 1.54) is 16.7 Å². The normalized spacial score (nSPS) is 18.1. The van der Waals surface area contributed by atoms with Crippen molar-refractivity contribution in [2.45, 2.75) is 20.5 Å². The second kappa shape index (κ2) is 8.43. The Kier molecular flexibility index (Phi) is 5.76. The van der Waals surface area contributed by atoms with Crippen molar-refractivity contribution in [2.75, 3.05) is 50.9 Å². The van der Waals surface area contributed by atoms with Crippen molar-refractivity contribution >= 4 is 11.6 Å². The molecule has 0 unspecified atom stereocenters. The second-order valence-electron chi connectivity index (χ2n) is 7.63. The van der Waals surface area contributed by atoms with E-state index in [0.29, 0.717) is 13.2 Å². The number of hydrogen-bond donors (Lipinski definition) is 0. The van der Waals surface area contributed by atoms with Crippen LogP contribution < -0.4 is 4.90 Å². The fourth-order valence-corrected chi connectivity index (χ4v) is 3.81. The molecule has 0 N–H and O–H groups in total. The van der Waals surface area contributed by atoms with E-state index in [1.54, 1.807) is 0 Å². The largest absolute Gasteiger partial charge is 0.379 e. The Morgan fingerprint density at radius 1 is 0.857 bits per heavy atom. The lowest BCUT2D eigenvalue weighted by Gasteiger charge is -2.30. The first-order chi connectivity index (χ1) is 13.6. The number of carbonyl (C=O) groups is 1. The molecule has 2 aromatic carbocycles. The van der Waals surface area contributed by atoms with Gasteiger partial charge in [0.15, 0.2) is 0 Å². The molecule has 0 aliphatic carbocycles. The Morgan fingerprint density at radius 2 is 1.61 bits per heavy atom. The number of rotatable bonds is 4. The fraction of sp³-hybridized carbons (Fsp3) is 0.435. The van der Waals surface area contributed by atoms with Crippen LogP contribution in [0, 0.1) is 13.8 Å². The first-order valence-electron chi connectivity index (χ1n) is 10.0. The molecule has 2 aliphatic rings. The van der Waals surface area contributed by atoms with Crippen LogP contribution in [-0.4, -0.2) is 56.8 Å². The van der Waals surface area contributed by atoms with Crippen LogP contribution in [0.4, 0.5) is 5.69 Å². The molecular formula is C23H28N2O3. The predicted molar refractivity (Wildman–Crippen MR) is 111 cm³/mol. The summed E-state index contributed by atoms with van der Waals surface area (Å²) in [6.45, 7) is 9.78. The number of amides is 1. The molecule has 1 saturated heterocycles. The highest BCUT2D eigenvalue weighted by Gasteiger charge is 2.24. The van der Waals surface area contributed by atoms with Crippen molar-refractivity contribution in [3.8, 4) is 11.1 Å². The molecule has 0 bridgehead atoms. The van der Waals surface area contributed by atoms with Gasteiger partial charge in [-0.2, -0.15) is 0 Å². The molecule has 5 nitrogen and oxygen atoms in total. The molecule has 2 aliphatic heterocycles. The molecule has 0 saturated carbocycles. The Hall–Kier alpha value is -2.21. The quantitative estimate of drug-likeness (QED) is 0.817. The fourth-order valence-electron chi connectivity index (χ4n) is 3.81. The minimum Gasteiger partial charge on any atom is -0.379 e. The monoisotopic (exact) mass is 380 g/mol. The van der Waals surface area contributed by atoms with Crippen LogP contribution in [0.1, 0.15) is 16.7 Å². The van der Waals surface area contributed by atoms with Gasteiger partial charge < -0.3 is 14.4 Å². The highest BCUT2D eigenvalue weighted by atomic mass is 16.5. The van der Waals surface area contributed by atoms with Crippen molar-refractivity contribution in [3.05, 3.63) is 53.1 Å². The number of aryl methyl sites for hydroxylation is 2. The second-order valence-corrected chi connectivity index (χ2v) is 7.63. The number of fused-ring (bicyclic) bond motifs is 1. The average molecular weight is 380 g/mol. The molecule has 5 heteroatoms. The van der Waals surface area contributed by atoms with Gasteiger partial charge in [0.25, 0.3) is 5.91 Å². The first kappa shape index (κ1) is 19.1. The molecule has 1 amide bonds. The summed E-state index contributed by atoms with van der Waals surface area (Å²) in [4.78, 5) is 17.0. The molecule has 1 fully saturated rings. The third kappa shape index (κ3) is 4.12. The molecule has 148 valence electrons. The van der Waals surface area contributed by atoms with Gasteiger partial charge in [0.05, 0.1) is 19.8 Å². The summed E-state index contributed by atoms with van der Waals surface area (Å²) < 4.78 is 11.0. The molecule has 0 atom stereocenters. The molecule has 0 aromatic heterocycles. The van der Waals surface area contributed by atoms with Crippen LogP contribution in [-0.2, 0) is 20.9 Å². The Morgan fingerprint density at radius 3 is 2.39 bits per heavy atom. The van der Waals surface area contributed by atoms with E-state index in [2.05, 4.69) is 55.1 Å².